The van der Waals surface area contributed by atoms with Crippen LogP contribution in [-0.2, 0) is 4.79 Å². The first-order valence-corrected chi connectivity index (χ1v) is 7.79. The zero-order chi connectivity index (χ0) is 14.8. The maximum absolute atomic E-state index is 12.5. The highest BCUT2D eigenvalue weighted by atomic mass is 16.4. The average Bonchev–Trinajstić information content (AvgIpc) is 2.92. The van der Waals surface area contributed by atoms with Crippen molar-refractivity contribution in [3.05, 3.63) is 0 Å². The maximum atomic E-state index is 12.5. The number of rotatable bonds is 3. The van der Waals surface area contributed by atoms with Crippen LogP contribution >= 0.6 is 0 Å². The molecule has 5 heteroatoms. The molecule has 0 aromatic heterocycles. The minimum Gasteiger partial charge on any atom is -0.481 e. The van der Waals surface area contributed by atoms with Crippen LogP contribution in [0.2, 0.25) is 0 Å². The molecule has 2 saturated heterocycles. The molecule has 2 amide bonds. The normalized spacial score (nSPS) is 30.6. The van der Waals surface area contributed by atoms with Gasteiger partial charge in [-0.25, -0.2) is 4.79 Å². The Balaban J connectivity index is 1.99. The molecular formula is C15H26N2O3. The van der Waals surface area contributed by atoms with Crippen LogP contribution in [0.25, 0.3) is 0 Å². The number of carbonyl (C=O) groups excluding carboxylic acids is 1. The number of nitrogens with zero attached hydrogens (tertiary/aromatic N) is 2. The number of aliphatic carboxylic acids is 1. The molecule has 2 unspecified atom stereocenters. The van der Waals surface area contributed by atoms with Crippen LogP contribution in [0.1, 0.15) is 46.0 Å². The van der Waals surface area contributed by atoms with Gasteiger partial charge in [0.1, 0.15) is 0 Å². The maximum Gasteiger partial charge on any atom is 0.320 e. The van der Waals surface area contributed by atoms with E-state index in [-0.39, 0.29) is 6.03 Å². The fourth-order valence-corrected chi connectivity index (χ4v) is 3.42. The number of carboxylic acids is 1. The van der Waals surface area contributed by atoms with Crippen molar-refractivity contribution in [1.29, 1.82) is 0 Å². The van der Waals surface area contributed by atoms with E-state index in [0.29, 0.717) is 31.8 Å². The van der Waals surface area contributed by atoms with Gasteiger partial charge in [-0.05, 0) is 31.6 Å². The summed E-state index contributed by atoms with van der Waals surface area (Å²) in [5.74, 6) is -0.161. The summed E-state index contributed by atoms with van der Waals surface area (Å²) in [6.45, 7) is 6.66. The first kappa shape index (κ1) is 15.1. The van der Waals surface area contributed by atoms with Crippen molar-refractivity contribution in [2.45, 2.75) is 46.0 Å². The summed E-state index contributed by atoms with van der Waals surface area (Å²) >= 11 is 0. The highest BCUT2D eigenvalue weighted by Gasteiger charge is 2.45. The third-order valence-electron chi connectivity index (χ3n) is 5.12. The monoisotopic (exact) mass is 282 g/mol. The number of carbonyl (C=O) groups is 2. The van der Waals surface area contributed by atoms with Gasteiger partial charge in [-0.3, -0.25) is 4.79 Å². The standard InChI is InChI=1S/C15H26N2O3/c1-3-12-6-5-8-16(10-12)14(20)17-9-7-15(4-2,11-17)13(18)19/h12H,3-11H2,1-2H3,(H,18,19). The molecule has 0 aliphatic carbocycles. The third-order valence-corrected chi connectivity index (χ3v) is 5.12. The molecule has 0 radical (unpaired) electrons. The molecule has 0 aromatic rings. The van der Waals surface area contributed by atoms with E-state index in [9.17, 15) is 14.7 Å². The van der Waals surface area contributed by atoms with E-state index < -0.39 is 11.4 Å². The average molecular weight is 282 g/mol. The molecule has 2 rings (SSSR count). The van der Waals surface area contributed by atoms with Crippen molar-refractivity contribution in [3.8, 4) is 0 Å². The van der Waals surface area contributed by atoms with Crippen LogP contribution in [0.3, 0.4) is 0 Å². The van der Waals surface area contributed by atoms with E-state index in [4.69, 9.17) is 0 Å². The van der Waals surface area contributed by atoms with Gasteiger partial charge in [-0.15, -0.1) is 0 Å². The molecule has 2 atom stereocenters. The first-order chi connectivity index (χ1) is 9.52. The van der Waals surface area contributed by atoms with Crippen LogP contribution < -0.4 is 0 Å². The summed E-state index contributed by atoms with van der Waals surface area (Å²) in [7, 11) is 0. The molecule has 2 fully saturated rings. The number of hydrogen-bond donors (Lipinski definition) is 1. The lowest BCUT2D eigenvalue weighted by Crippen LogP contribution is -2.47. The predicted octanol–water partition coefficient (Wildman–Crippen LogP) is 2.42. The van der Waals surface area contributed by atoms with Gasteiger partial charge in [0.2, 0.25) is 0 Å². The van der Waals surface area contributed by atoms with Crippen LogP contribution in [0.15, 0.2) is 0 Å². The molecule has 0 aromatic carbocycles. The summed E-state index contributed by atoms with van der Waals surface area (Å²) < 4.78 is 0. The number of urea groups is 1. The smallest absolute Gasteiger partial charge is 0.320 e. The summed E-state index contributed by atoms with van der Waals surface area (Å²) in [6.07, 6.45) is 4.54. The molecule has 2 aliphatic heterocycles. The molecule has 0 saturated carbocycles. The van der Waals surface area contributed by atoms with Crippen molar-refractivity contribution >= 4 is 12.0 Å². The van der Waals surface area contributed by atoms with Gasteiger partial charge >= 0.3 is 12.0 Å². The quantitative estimate of drug-likeness (QED) is 0.864. The number of piperidine rings is 1. The molecule has 20 heavy (non-hydrogen) atoms. The van der Waals surface area contributed by atoms with Gasteiger partial charge in [-0.2, -0.15) is 0 Å². The first-order valence-electron chi connectivity index (χ1n) is 7.79. The lowest BCUT2D eigenvalue weighted by atomic mass is 9.84. The van der Waals surface area contributed by atoms with E-state index in [2.05, 4.69) is 6.92 Å². The Morgan fingerprint density at radius 2 is 2.00 bits per heavy atom. The lowest BCUT2D eigenvalue weighted by Gasteiger charge is -2.35. The Morgan fingerprint density at radius 1 is 1.25 bits per heavy atom. The third kappa shape index (κ3) is 2.76. The number of hydrogen-bond acceptors (Lipinski definition) is 2. The molecule has 2 heterocycles. The highest BCUT2D eigenvalue weighted by molar-refractivity contribution is 5.79. The minimum atomic E-state index is -0.764. The minimum absolute atomic E-state index is 0.0414. The van der Waals surface area contributed by atoms with E-state index in [1.165, 1.54) is 6.42 Å². The van der Waals surface area contributed by atoms with Crippen molar-refractivity contribution in [2.75, 3.05) is 26.2 Å². The SMILES string of the molecule is CCC1CCCN(C(=O)N2CCC(CC)(C(=O)O)C2)C1. The van der Waals surface area contributed by atoms with Gasteiger partial charge in [0.25, 0.3) is 0 Å². The zero-order valence-electron chi connectivity index (χ0n) is 12.6. The topological polar surface area (TPSA) is 60.9 Å². The van der Waals surface area contributed by atoms with E-state index in [1.807, 2.05) is 11.8 Å². The van der Waals surface area contributed by atoms with Gasteiger partial charge in [0, 0.05) is 26.2 Å². The van der Waals surface area contributed by atoms with Crippen LogP contribution in [0.4, 0.5) is 4.79 Å². The number of amides is 2. The van der Waals surface area contributed by atoms with E-state index >= 15 is 0 Å². The second kappa shape index (κ2) is 6.02. The fraction of sp³-hybridized carbons (Fsp3) is 0.867. The van der Waals surface area contributed by atoms with Gasteiger partial charge in [-0.1, -0.05) is 20.3 Å². The summed E-state index contributed by atoms with van der Waals surface area (Å²) in [5.41, 5.74) is -0.727. The van der Waals surface area contributed by atoms with Crippen molar-refractivity contribution in [2.24, 2.45) is 11.3 Å². The van der Waals surface area contributed by atoms with Crippen LogP contribution in [-0.4, -0.2) is 53.1 Å². The Hall–Kier alpha value is -1.26. The van der Waals surface area contributed by atoms with E-state index in [0.717, 1.165) is 25.9 Å². The molecular weight excluding hydrogens is 256 g/mol. The van der Waals surface area contributed by atoms with Gasteiger partial charge in [0.15, 0.2) is 0 Å². The Morgan fingerprint density at radius 3 is 2.55 bits per heavy atom. The molecule has 2 aliphatic rings. The number of carboxylic acid groups (broad SMARTS) is 1. The fourth-order valence-electron chi connectivity index (χ4n) is 3.42. The second-order valence-electron chi connectivity index (χ2n) is 6.26. The van der Waals surface area contributed by atoms with Crippen molar-refractivity contribution in [1.82, 2.24) is 9.80 Å². The Bertz CT molecular complexity index is 385. The molecule has 0 spiro atoms. The van der Waals surface area contributed by atoms with Gasteiger partial charge < -0.3 is 14.9 Å². The summed E-state index contributed by atoms with van der Waals surface area (Å²) in [6, 6.07) is 0.0414. The van der Waals surface area contributed by atoms with Crippen molar-refractivity contribution < 1.29 is 14.7 Å². The summed E-state index contributed by atoms with van der Waals surface area (Å²) in [4.78, 5) is 27.7. The van der Waals surface area contributed by atoms with Crippen LogP contribution in [0.5, 0.6) is 0 Å². The largest absolute Gasteiger partial charge is 0.481 e. The zero-order valence-corrected chi connectivity index (χ0v) is 12.6. The molecule has 1 N–H and O–H groups in total. The number of likely N-dealkylation sites (tertiary alicyclic amines) is 2. The Labute approximate surface area is 120 Å². The summed E-state index contributed by atoms with van der Waals surface area (Å²) in [5, 5.41) is 9.40. The lowest BCUT2D eigenvalue weighted by molar-refractivity contribution is -0.148. The van der Waals surface area contributed by atoms with Crippen molar-refractivity contribution in [3.63, 3.8) is 0 Å². The van der Waals surface area contributed by atoms with E-state index in [1.54, 1.807) is 4.90 Å². The predicted molar refractivity (Wildman–Crippen MR) is 76.5 cm³/mol. The van der Waals surface area contributed by atoms with Crippen LogP contribution in [0, 0.1) is 11.3 Å². The molecule has 0 bridgehead atoms. The second-order valence-corrected chi connectivity index (χ2v) is 6.26. The molecule has 5 nitrogen and oxygen atoms in total. The van der Waals surface area contributed by atoms with Gasteiger partial charge in [0.05, 0.1) is 5.41 Å². The highest BCUT2D eigenvalue weighted by Crippen LogP contribution is 2.35. The molecule has 114 valence electrons. The Kier molecular flexibility index (Phi) is 4.55.